The van der Waals surface area contributed by atoms with Crippen LogP contribution >= 0.6 is 0 Å². The summed E-state index contributed by atoms with van der Waals surface area (Å²) in [4.78, 5) is 12.6. The summed E-state index contributed by atoms with van der Waals surface area (Å²) in [6, 6.07) is 16.9. The number of rotatable bonds is 5. The Balaban J connectivity index is 1.69. The van der Waals surface area contributed by atoms with Crippen LogP contribution in [0.25, 0.3) is 6.08 Å². The zero-order chi connectivity index (χ0) is 18.0. The standard InChI is InChI=1S/C20H17N5O/c1-21-25-20(19-6-2-3-13-23-19)24-14-11-16-7-9-17(10-8-16)26-18-5-4-12-22-15-18/h2-15H,1H3/b14-11+,24-20?,25-21?. The van der Waals surface area contributed by atoms with Gasteiger partial charge in [-0.1, -0.05) is 18.2 Å². The average Bonchev–Trinajstić information content (AvgIpc) is 2.70. The van der Waals surface area contributed by atoms with Crippen LogP contribution < -0.4 is 4.74 Å². The molecular formula is C20H17N5O. The Hall–Kier alpha value is -3.67. The molecule has 1 aromatic carbocycles. The van der Waals surface area contributed by atoms with Crippen LogP contribution in [0.4, 0.5) is 0 Å². The minimum absolute atomic E-state index is 0.459. The van der Waals surface area contributed by atoms with Gasteiger partial charge in [0.1, 0.15) is 17.2 Å². The van der Waals surface area contributed by atoms with Gasteiger partial charge in [0, 0.05) is 25.6 Å². The molecule has 0 N–H and O–H groups in total. The lowest BCUT2D eigenvalue weighted by Gasteiger charge is -2.04. The van der Waals surface area contributed by atoms with Crippen LogP contribution in [-0.2, 0) is 0 Å². The zero-order valence-corrected chi connectivity index (χ0v) is 14.2. The Labute approximate surface area is 151 Å². The van der Waals surface area contributed by atoms with Crippen molar-refractivity contribution >= 4 is 11.9 Å². The fourth-order valence-electron chi connectivity index (χ4n) is 2.12. The van der Waals surface area contributed by atoms with Crippen molar-refractivity contribution in [2.45, 2.75) is 0 Å². The van der Waals surface area contributed by atoms with Gasteiger partial charge >= 0.3 is 0 Å². The third-order valence-electron chi connectivity index (χ3n) is 3.30. The molecule has 0 atom stereocenters. The smallest absolute Gasteiger partial charge is 0.199 e. The molecule has 2 heterocycles. The van der Waals surface area contributed by atoms with Crippen LogP contribution in [0.15, 0.2) is 94.6 Å². The topological polar surface area (TPSA) is 72.1 Å². The van der Waals surface area contributed by atoms with Gasteiger partial charge in [0.2, 0.25) is 0 Å². The lowest BCUT2D eigenvalue weighted by molar-refractivity contribution is 0.480. The first-order valence-corrected chi connectivity index (χ1v) is 7.99. The highest BCUT2D eigenvalue weighted by Gasteiger charge is 2.01. The number of hydrogen-bond donors (Lipinski definition) is 0. The van der Waals surface area contributed by atoms with Gasteiger partial charge < -0.3 is 4.74 Å². The van der Waals surface area contributed by atoms with E-state index in [1.807, 2.05) is 60.7 Å². The van der Waals surface area contributed by atoms with Gasteiger partial charge in [-0.2, -0.15) is 5.11 Å². The fourth-order valence-corrected chi connectivity index (χ4v) is 2.12. The summed E-state index contributed by atoms with van der Waals surface area (Å²) in [6.45, 7) is 0. The van der Waals surface area contributed by atoms with Crippen molar-refractivity contribution in [3.05, 3.63) is 90.6 Å². The van der Waals surface area contributed by atoms with E-state index >= 15 is 0 Å². The highest BCUT2D eigenvalue weighted by molar-refractivity contribution is 5.97. The van der Waals surface area contributed by atoms with E-state index in [1.54, 1.807) is 31.8 Å². The molecule has 0 aliphatic heterocycles. The molecule has 0 bridgehead atoms. The summed E-state index contributed by atoms with van der Waals surface area (Å²) in [5, 5.41) is 7.81. The van der Waals surface area contributed by atoms with E-state index in [0.29, 0.717) is 17.3 Å². The SMILES string of the molecule is CN=NC(=N/C=C/c1ccc(Oc2cccnc2)cc1)c1ccccn1. The summed E-state index contributed by atoms with van der Waals surface area (Å²) in [5.41, 5.74) is 1.66. The van der Waals surface area contributed by atoms with Crippen molar-refractivity contribution in [2.24, 2.45) is 15.2 Å². The molecular weight excluding hydrogens is 326 g/mol. The number of hydrogen-bond acceptors (Lipinski definition) is 5. The van der Waals surface area contributed by atoms with E-state index in [4.69, 9.17) is 4.74 Å². The van der Waals surface area contributed by atoms with E-state index in [0.717, 1.165) is 11.3 Å². The molecule has 3 rings (SSSR count). The van der Waals surface area contributed by atoms with Crippen LogP contribution in [0, 0.1) is 0 Å². The highest BCUT2D eigenvalue weighted by atomic mass is 16.5. The molecule has 0 radical (unpaired) electrons. The third-order valence-corrected chi connectivity index (χ3v) is 3.30. The number of ether oxygens (including phenoxy) is 1. The van der Waals surface area contributed by atoms with Gasteiger partial charge in [-0.3, -0.25) is 9.97 Å². The predicted octanol–water partition coefficient (Wildman–Crippen LogP) is 4.77. The van der Waals surface area contributed by atoms with Crippen molar-refractivity contribution in [1.82, 2.24) is 9.97 Å². The fraction of sp³-hybridized carbons (Fsp3) is 0.0500. The number of benzene rings is 1. The molecule has 0 aliphatic carbocycles. The van der Waals surface area contributed by atoms with Crippen molar-refractivity contribution in [1.29, 1.82) is 0 Å². The van der Waals surface area contributed by atoms with Gasteiger partial charge in [-0.25, -0.2) is 4.99 Å². The molecule has 0 unspecified atom stereocenters. The number of nitrogens with zero attached hydrogens (tertiary/aromatic N) is 5. The molecule has 0 fully saturated rings. The number of aliphatic imine (C=N–C) groups is 1. The van der Waals surface area contributed by atoms with Crippen LogP contribution in [0.1, 0.15) is 11.3 Å². The largest absolute Gasteiger partial charge is 0.456 e. The molecule has 0 saturated heterocycles. The number of amidine groups is 1. The number of pyridine rings is 2. The quantitative estimate of drug-likeness (QED) is 0.380. The first-order chi connectivity index (χ1) is 12.8. The summed E-state index contributed by atoms with van der Waals surface area (Å²) in [5.74, 6) is 1.90. The minimum atomic E-state index is 0.459. The van der Waals surface area contributed by atoms with Gasteiger partial charge in [-0.15, -0.1) is 5.11 Å². The van der Waals surface area contributed by atoms with Gasteiger partial charge in [0.25, 0.3) is 0 Å². The minimum Gasteiger partial charge on any atom is -0.456 e. The monoisotopic (exact) mass is 343 g/mol. The van der Waals surface area contributed by atoms with E-state index in [1.165, 1.54) is 0 Å². The molecule has 2 aromatic heterocycles. The van der Waals surface area contributed by atoms with E-state index in [2.05, 4.69) is 25.2 Å². The maximum atomic E-state index is 5.72. The summed E-state index contributed by atoms with van der Waals surface area (Å²) in [7, 11) is 1.60. The lowest BCUT2D eigenvalue weighted by Crippen LogP contribution is -1.98. The Morgan fingerprint density at radius 2 is 1.85 bits per heavy atom. The predicted molar refractivity (Wildman–Crippen MR) is 101 cm³/mol. The Morgan fingerprint density at radius 1 is 0.962 bits per heavy atom. The van der Waals surface area contributed by atoms with E-state index in [9.17, 15) is 0 Å². The second-order valence-electron chi connectivity index (χ2n) is 5.14. The molecule has 6 nitrogen and oxygen atoms in total. The Morgan fingerprint density at radius 3 is 2.54 bits per heavy atom. The molecule has 0 amide bonds. The van der Waals surface area contributed by atoms with E-state index in [-0.39, 0.29) is 0 Å². The van der Waals surface area contributed by atoms with Crippen LogP contribution in [-0.4, -0.2) is 22.9 Å². The normalized spacial score (nSPS) is 12.0. The summed E-state index contributed by atoms with van der Waals surface area (Å²) < 4.78 is 5.72. The average molecular weight is 343 g/mol. The second-order valence-corrected chi connectivity index (χ2v) is 5.14. The summed E-state index contributed by atoms with van der Waals surface area (Å²) in [6.07, 6.45) is 8.63. The lowest BCUT2D eigenvalue weighted by atomic mass is 10.2. The van der Waals surface area contributed by atoms with Gasteiger partial charge in [0.05, 0.1) is 6.20 Å². The van der Waals surface area contributed by atoms with Crippen molar-refractivity contribution in [3.8, 4) is 11.5 Å². The molecule has 6 heteroatoms. The summed E-state index contributed by atoms with van der Waals surface area (Å²) >= 11 is 0. The zero-order valence-electron chi connectivity index (χ0n) is 14.2. The maximum Gasteiger partial charge on any atom is 0.199 e. The Kier molecular flexibility index (Phi) is 5.93. The molecule has 0 saturated carbocycles. The number of azo groups is 1. The third kappa shape index (κ3) is 4.91. The first kappa shape index (κ1) is 17.2. The van der Waals surface area contributed by atoms with Crippen molar-refractivity contribution in [3.63, 3.8) is 0 Å². The highest BCUT2D eigenvalue weighted by Crippen LogP contribution is 2.20. The van der Waals surface area contributed by atoms with Crippen LogP contribution in [0.3, 0.4) is 0 Å². The van der Waals surface area contributed by atoms with Gasteiger partial charge in [-0.05, 0) is 48.0 Å². The molecule has 26 heavy (non-hydrogen) atoms. The maximum absolute atomic E-state index is 5.72. The molecule has 3 aromatic rings. The molecule has 0 spiro atoms. The van der Waals surface area contributed by atoms with E-state index < -0.39 is 0 Å². The Bertz CT molecular complexity index is 904. The van der Waals surface area contributed by atoms with Crippen molar-refractivity contribution in [2.75, 3.05) is 7.05 Å². The van der Waals surface area contributed by atoms with Crippen LogP contribution in [0.2, 0.25) is 0 Å². The molecule has 128 valence electrons. The molecule has 0 aliphatic rings. The first-order valence-electron chi connectivity index (χ1n) is 7.99. The van der Waals surface area contributed by atoms with Crippen LogP contribution in [0.5, 0.6) is 11.5 Å². The second kappa shape index (κ2) is 8.98. The number of aromatic nitrogens is 2. The van der Waals surface area contributed by atoms with Gasteiger partial charge in [0.15, 0.2) is 5.84 Å². The van der Waals surface area contributed by atoms with Crippen molar-refractivity contribution < 1.29 is 4.74 Å².